The minimum absolute atomic E-state index is 0.0832. The summed E-state index contributed by atoms with van der Waals surface area (Å²) in [4.78, 5) is 2.47. The second kappa shape index (κ2) is 6.31. The van der Waals surface area contributed by atoms with Crippen molar-refractivity contribution in [2.75, 3.05) is 26.2 Å². The zero-order chi connectivity index (χ0) is 13.0. The van der Waals surface area contributed by atoms with Crippen molar-refractivity contribution >= 4 is 0 Å². The molecule has 5 heteroatoms. The topological polar surface area (TPSA) is 56.3 Å². The average Bonchev–Trinajstić information content (AvgIpc) is 2.87. The molecule has 0 aromatic carbocycles. The Kier molecular flexibility index (Phi) is 4.74. The first-order chi connectivity index (χ1) is 8.80. The zero-order valence-corrected chi connectivity index (χ0v) is 11.4. The Hall–Kier alpha value is -0.910. The van der Waals surface area contributed by atoms with Crippen molar-refractivity contribution in [2.45, 2.75) is 39.0 Å². The maximum absolute atomic E-state index is 5.85. The zero-order valence-electron chi connectivity index (χ0n) is 11.4. The van der Waals surface area contributed by atoms with Crippen LogP contribution in [0.3, 0.4) is 0 Å². The molecule has 1 saturated heterocycles. The smallest absolute Gasteiger partial charge is 0.0895 e. The number of rotatable bonds is 5. The minimum Gasteiger partial charge on any atom is -0.374 e. The van der Waals surface area contributed by atoms with E-state index in [2.05, 4.69) is 30.0 Å². The fraction of sp³-hybridized carbons (Fsp3) is 0.769. The Balaban J connectivity index is 2.21. The van der Waals surface area contributed by atoms with E-state index in [-0.39, 0.29) is 12.1 Å². The molecule has 0 saturated carbocycles. The maximum atomic E-state index is 5.85. The molecule has 102 valence electrons. The van der Waals surface area contributed by atoms with Gasteiger partial charge in [-0.15, -0.1) is 0 Å². The molecule has 0 radical (unpaired) electrons. The van der Waals surface area contributed by atoms with Crippen LogP contribution < -0.4 is 5.73 Å². The van der Waals surface area contributed by atoms with Crippen LogP contribution in [0.1, 0.15) is 31.9 Å². The monoisotopic (exact) mass is 252 g/mol. The van der Waals surface area contributed by atoms with Gasteiger partial charge in [-0.1, -0.05) is 6.92 Å². The summed E-state index contributed by atoms with van der Waals surface area (Å²) in [7, 11) is 0. The number of ether oxygens (including phenoxy) is 1. The molecule has 0 aliphatic carbocycles. The third-order valence-corrected chi connectivity index (χ3v) is 3.52. The van der Waals surface area contributed by atoms with Gasteiger partial charge in [0.1, 0.15) is 0 Å². The van der Waals surface area contributed by atoms with Crippen LogP contribution in [0.25, 0.3) is 0 Å². The Morgan fingerprint density at radius 3 is 2.94 bits per heavy atom. The molecule has 0 amide bonds. The van der Waals surface area contributed by atoms with Crippen LogP contribution in [-0.2, 0) is 11.3 Å². The molecule has 1 fully saturated rings. The first kappa shape index (κ1) is 13.5. The molecule has 0 spiro atoms. The van der Waals surface area contributed by atoms with Gasteiger partial charge in [0.2, 0.25) is 0 Å². The number of aromatic nitrogens is 2. The maximum Gasteiger partial charge on any atom is 0.0895 e. The van der Waals surface area contributed by atoms with Gasteiger partial charge in [0.25, 0.3) is 0 Å². The van der Waals surface area contributed by atoms with E-state index in [0.29, 0.717) is 6.54 Å². The first-order valence-corrected chi connectivity index (χ1v) is 6.88. The lowest BCUT2D eigenvalue weighted by Gasteiger charge is -2.40. The highest BCUT2D eigenvalue weighted by atomic mass is 16.5. The number of nitrogens with two attached hydrogens (primary N) is 1. The van der Waals surface area contributed by atoms with Gasteiger partial charge in [0.15, 0.2) is 0 Å². The van der Waals surface area contributed by atoms with E-state index in [4.69, 9.17) is 10.5 Å². The van der Waals surface area contributed by atoms with E-state index in [1.165, 1.54) is 5.56 Å². The molecule has 0 bridgehead atoms. The molecule has 1 aromatic rings. The molecule has 2 N–H and O–H groups in total. The predicted molar refractivity (Wildman–Crippen MR) is 71.3 cm³/mol. The summed E-state index contributed by atoms with van der Waals surface area (Å²) in [6, 6.07) is 0.254. The van der Waals surface area contributed by atoms with Crippen LogP contribution in [0.5, 0.6) is 0 Å². The van der Waals surface area contributed by atoms with Crippen LogP contribution in [0.4, 0.5) is 0 Å². The van der Waals surface area contributed by atoms with Gasteiger partial charge in [0, 0.05) is 31.4 Å². The third kappa shape index (κ3) is 2.74. The predicted octanol–water partition coefficient (Wildman–Crippen LogP) is 1.01. The van der Waals surface area contributed by atoms with E-state index >= 15 is 0 Å². The van der Waals surface area contributed by atoms with Crippen LogP contribution in [-0.4, -0.2) is 47.0 Å². The fourth-order valence-electron chi connectivity index (χ4n) is 2.65. The molecule has 2 rings (SSSR count). The van der Waals surface area contributed by atoms with Crippen molar-refractivity contribution in [1.29, 1.82) is 0 Å². The number of aryl methyl sites for hydroxylation is 1. The molecule has 1 aromatic heterocycles. The second-order valence-electron chi connectivity index (χ2n) is 4.76. The van der Waals surface area contributed by atoms with Crippen LogP contribution in [0, 0.1) is 0 Å². The summed E-state index contributed by atoms with van der Waals surface area (Å²) in [6.45, 7) is 8.60. The number of nitrogens with zero attached hydrogens (tertiary/aromatic N) is 3. The number of hydrogen-bond acceptors (Lipinski definition) is 4. The molecular formula is C13H24N4O. The quantitative estimate of drug-likeness (QED) is 0.850. The largest absolute Gasteiger partial charge is 0.374 e. The fourth-order valence-corrected chi connectivity index (χ4v) is 2.65. The van der Waals surface area contributed by atoms with Crippen LogP contribution in [0.2, 0.25) is 0 Å². The minimum atomic E-state index is 0.0832. The van der Waals surface area contributed by atoms with Gasteiger partial charge in [-0.2, -0.15) is 5.10 Å². The summed E-state index contributed by atoms with van der Waals surface area (Å²) < 4.78 is 7.77. The molecule has 1 aliphatic heterocycles. The SMILES string of the molecule is CCCN1CCOC(CN)C1c1cnn(CC)c1. The number of morpholine rings is 1. The highest BCUT2D eigenvalue weighted by Gasteiger charge is 2.33. The molecule has 1 aliphatic rings. The van der Waals surface area contributed by atoms with Gasteiger partial charge in [-0.05, 0) is 19.9 Å². The van der Waals surface area contributed by atoms with Crippen LogP contribution >= 0.6 is 0 Å². The van der Waals surface area contributed by atoms with Gasteiger partial charge < -0.3 is 10.5 Å². The normalized spacial score (nSPS) is 25.5. The molecular weight excluding hydrogens is 228 g/mol. The van der Waals surface area contributed by atoms with E-state index in [1.54, 1.807) is 0 Å². The Labute approximate surface area is 109 Å². The molecule has 2 heterocycles. The average molecular weight is 252 g/mol. The molecule has 2 unspecified atom stereocenters. The lowest BCUT2D eigenvalue weighted by molar-refractivity contribution is -0.0676. The van der Waals surface area contributed by atoms with E-state index in [9.17, 15) is 0 Å². The Morgan fingerprint density at radius 1 is 1.50 bits per heavy atom. The van der Waals surface area contributed by atoms with Crippen molar-refractivity contribution in [3.05, 3.63) is 18.0 Å². The standard InChI is InChI=1S/C13H24N4O/c1-3-5-16-6-7-18-12(8-14)13(16)11-9-15-17(4-2)10-11/h9-10,12-13H,3-8,14H2,1-2H3. The summed E-state index contributed by atoms with van der Waals surface area (Å²) >= 11 is 0. The van der Waals surface area contributed by atoms with Crippen molar-refractivity contribution in [3.8, 4) is 0 Å². The summed E-state index contributed by atoms with van der Waals surface area (Å²) in [6.07, 6.45) is 5.30. The summed E-state index contributed by atoms with van der Waals surface area (Å²) in [5.41, 5.74) is 7.07. The molecule has 18 heavy (non-hydrogen) atoms. The van der Waals surface area contributed by atoms with Crippen molar-refractivity contribution < 1.29 is 4.74 Å². The lowest BCUT2D eigenvalue weighted by atomic mass is 10.0. The highest BCUT2D eigenvalue weighted by Crippen LogP contribution is 2.29. The second-order valence-corrected chi connectivity index (χ2v) is 4.76. The Bertz CT molecular complexity index is 364. The highest BCUT2D eigenvalue weighted by molar-refractivity contribution is 5.14. The summed E-state index contributed by atoms with van der Waals surface area (Å²) in [5, 5.41) is 4.37. The third-order valence-electron chi connectivity index (χ3n) is 3.52. The lowest BCUT2D eigenvalue weighted by Crippen LogP contribution is -2.48. The van der Waals surface area contributed by atoms with Gasteiger partial charge in [-0.25, -0.2) is 0 Å². The van der Waals surface area contributed by atoms with E-state index < -0.39 is 0 Å². The van der Waals surface area contributed by atoms with Crippen molar-refractivity contribution in [3.63, 3.8) is 0 Å². The first-order valence-electron chi connectivity index (χ1n) is 6.88. The molecule has 5 nitrogen and oxygen atoms in total. The Morgan fingerprint density at radius 2 is 2.33 bits per heavy atom. The number of hydrogen-bond donors (Lipinski definition) is 1. The molecule has 2 atom stereocenters. The van der Waals surface area contributed by atoms with Crippen molar-refractivity contribution in [1.82, 2.24) is 14.7 Å². The van der Waals surface area contributed by atoms with E-state index in [1.807, 2.05) is 10.9 Å². The summed E-state index contributed by atoms with van der Waals surface area (Å²) in [5.74, 6) is 0. The van der Waals surface area contributed by atoms with Gasteiger partial charge in [0.05, 0.1) is 24.9 Å². The van der Waals surface area contributed by atoms with Gasteiger partial charge >= 0.3 is 0 Å². The van der Waals surface area contributed by atoms with E-state index in [0.717, 1.165) is 32.7 Å². The van der Waals surface area contributed by atoms with Crippen LogP contribution in [0.15, 0.2) is 12.4 Å². The van der Waals surface area contributed by atoms with Gasteiger partial charge in [-0.3, -0.25) is 9.58 Å². The van der Waals surface area contributed by atoms with Crippen molar-refractivity contribution in [2.24, 2.45) is 5.73 Å².